The number of pyridine rings is 3. The van der Waals surface area contributed by atoms with Gasteiger partial charge in [0.2, 0.25) is 0 Å². The maximum Gasteiger partial charge on any atom is 0.260 e. The van der Waals surface area contributed by atoms with E-state index in [0.717, 1.165) is 33.8 Å². The molecule has 0 aliphatic carbocycles. The van der Waals surface area contributed by atoms with Crippen molar-refractivity contribution in [1.82, 2.24) is 15.0 Å². The molecule has 1 aliphatic rings. The van der Waals surface area contributed by atoms with Gasteiger partial charge in [-0.25, -0.2) is 4.98 Å². The van der Waals surface area contributed by atoms with Crippen LogP contribution in [0.2, 0.25) is 0 Å². The number of nitrogens with two attached hydrogens (primary N) is 1. The van der Waals surface area contributed by atoms with Crippen LogP contribution in [-0.2, 0) is 13.0 Å². The molecular weight excluding hydrogens is 394 g/mol. The van der Waals surface area contributed by atoms with Gasteiger partial charge in [-0.05, 0) is 56.1 Å². The van der Waals surface area contributed by atoms with Crippen molar-refractivity contribution in [2.24, 2.45) is 5.73 Å². The minimum Gasteiger partial charge on any atom is -0.491 e. The first-order valence-corrected chi connectivity index (χ1v) is 10.2. The van der Waals surface area contributed by atoms with Crippen LogP contribution in [0.4, 0.5) is 5.69 Å². The first kappa shape index (κ1) is 20.7. The number of methoxy groups -OCH3 is 1. The maximum atomic E-state index is 13.1. The summed E-state index contributed by atoms with van der Waals surface area (Å²) >= 11 is 0. The van der Waals surface area contributed by atoms with Crippen LogP contribution in [0.25, 0.3) is 11.3 Å². The van der Waals surface area contributed by atoms with Crippen molar-refractivity contribution >= 4 is 11.6 Å². The molecule has 4 rings (SSSR count). The zero-order chi connectivity index (χ0) is 22.0. The van der Waals surface area contributed by atoms with E-state index in [2.05, 4.69) is 9.97 Å². The highest BCUT2D eigenvalue weighted by atomic mass is 16.5. The van der Waals surface area contributed by atoms with E-state index < -0.39 is 0 Å². The highest BCUT2D eigenvalue weighted by molar-refractivity contribution is 6.10. The van der Waals surface area contributed by atoms with E-state index in [4.69, 9.17) is 20.2 Å². The number of carbonyl (C=O) groups excluding carboxylic acids is 1. The predicted molar refractivity (Wildman–Crippen MR) is 117 cm³/mol. The highest BCUT2D eigenvalue weighted by Crippen LogP contribution is 2.34. The Hall–Kier alpha value is -3.52. The fourth-order valence-electron chi connectivity index (χ4n) is 3.75. The summed E-state index contributed by atoms with van der Waals surface area (Å²) in [5, 5.41) is 0. The summed E-state index contributed by atoms with van der Waals surface area (Å²) in [7, 11) is 1.58. The standard InChI is InChI=1S/C23H25N5O3/c1-4-31-22-20(30-3)9-16(11-26-22)18-7-14(2)21-19(27-18)13-28(23(21)29)17-8-15(5-6-24)10-25-12-17/h7-12H,4-6,13,24H2,1-3H3. The third-order valence-electron chi connectivity index (χ3n) is 5.20. The number of hydrogen-bond acceptors (Lipinski definition) is 7. The number of amides is 1. The van der Waals surface area contributed by atoms with Crippen LogP contribution < -0.4 is 20.1 Å². The zero-order valence-electron chi connectivity index (χ0n) is 17.9. The number of nitrogens with zero attached hydrogens (tertiary/aromatic N) is 4. The molecule has 31 heavy (non-hydrogen) atoms. The van der Waals surface area contributed by atoms with E-state index in [1.807, 2.05) is 32.0 Å². The van der Waals surface area contributed by atoms with Gasteiger partial charge in [0.15, 0.2) is 5.75 Å². The second-order valence-electron chi connectivity index (χ2n) is 7.29. The average molecular weight is 419 g/mol. The summed E-state index contributed by atoms with van der Waals surface area (Å²) in [5.41, 5.74) is 11.2. The highest BCUT2D eigenvalue weighted by Gasteiger charge is 2.32. The summed E-state index contributed by atoms with van der Waals surface area (Å²) in [4.78, 5) is 28.3. The summed E-state index contributed by atoms with van der Waals surface area (Å²) in [6.45, 7) is 5.23. The second kappa shape index (κ2) is 8.69. The van der Waals surface area contributed by atoms with Gasteiger partial charge in [0.05, 0.1) is 49.1 Å². The Balaban J connectivity index is 1.69. The Morgan fingerprint density at radius 1 is 1.19 bits per heavy atom. The minimum absolute atomic E-state index is 0.0688. The third kappa shape index (κ3) is 3.94. The van der Waals surface area contributed by atoms with E-state index in [-0.39, 0.29) is 5.91 Å². The van der Waals surface area contributed by atoms with E-state index in [1.54, 1.807) is 30.6 Å². The molecule has 1 aliphatic heterocycles. The van der Waals surface area contributed by atoms with Crippen LogP contribution in [0, 0.1) is 6.92 Å². The monoisotopic (exact) mass is 419 g/mol. The number of carbonyl (C=O) groups is 1. The Morgan fingerprint density at radius 3 is 2.77 bits per heavy atom. The van der Waals surface area contributed by atoms with Crippen LogP contribution in [-0.4, -0.2) is 41.1 Å². The number of rotatable bonds is 7. The van der Waals surface area contributed by atoms with E-state index >= 15 is 0 Å². The van der Waals surface area contributed by atoms with Crippen molar-refractivity contribution in [3.8, 4) is 22.9 Å². The number of aromatic nitrogens is 3. The van der Waals surface area contributed by atoms with Crippen LogP contribution in [0.3, 0.4) is 0 Å². The second-order valence-corrected chi connectivity index (χ2v) is 7.29. The van der Waals surface area contributed by atoms with E-state index in [0.29, 0.717) is 43.3 Å². The SMILES string of the molecule is CCOc1ncc(-c2cc(C)c3c(n2)CN(c2cncc(CCN)c2)C3=O)cc1OC. The van der Waals surface area contributed by atoms with Crippen molar-refractivity contribution < 1.29 is 14.3 Å². The van der Waals surface area contributed by atoms with Gasteiger partial charge in [0.25, 0.3) is 11.8 Å². The van der Waals surface area contributed by atoms with Crippen LogP contribution in [0.1, 0.15) is 34.1 Å². The average Bonchev–Trinajstić information content (AvgIpc) is 3.11. The number of anilines is 1. The van der Waals surface area contributed by atoms with Crippen molar-refractivity contribution in [1.29, 1.82) is 0 Å². The maximum absolute atomic E-state index is 13.1. The van der Waals surface area contributed by atoms with E-state index in [1.165, 1.54) is 0 Å². The Morgan fingerprint density at radius 2 is 2.03 bits per heavy atom. The first-order chi connectivity index (χ1) is 15.0. The summed E-state index contributed by atoms with van der Waals surface area (Å²) in [6, 6.07) is 5.71. The van der Waals surface area contributed by atoms with Gasteiger partial charge in [0, 0.05) is 18.0 Å². The quantitative estimate of drug-likeness (QED) is 0.628. The molecule has 0 unspecified atom stereocenters. The predicted octanol–water partition coefficient (Wildman–Crippen LogP) is 2.92. The molecule has 8 nitrogen and oxygen atoms in total. The summed E-state index contributed by atoms with van der Waals surface area (Å²) in [5.74, 6) is 0.915. The molecule has 0 saturated heterocycles. The van der Waals surface area contributed by atoms with Crippen molar-refractivity contribution in [3.05, 3.63) is 59.2 Å². The summed E-state index contributed by atoms with van der Waals surface area (Å²) < 4.78 is 10.9. The molecule has 3 aromatic heterocycles. The Labute approximate surface area is 181 Å². The normalized spacial score (nSPS) is 12.8. The number of fused-ring (bicyclic) bond motifs is 1. The van der Waals surface area contributed by atoms with Gasteiger partial charge >= 0.3 is 0 Å². The third-order valence-corrected chi connectivity index (χ3v) is 5.20. The zero-order valence-corrected chi connectivity index (χ0v) is 17.9. The minimum atomic E-state index is -0.0688. The van der Waals surface area contributed by atoms with Crippen LogP contribution in [0.5, 0.6) is 11.6 Å². The molecule has 0 fully saturated rings. The molecular formula is C23H25N5O3. The fraction of sp³-hybridized carbons (Fsp3) is 0.304. The molecule has 0 radical (unpaired) electrons. The lowest BCUT2D eigenvalue weighted by Crippen LogP contribution is -2.23. The Kier molecular flexibility index (Phi) is 5.81. The largest absolute Gasteiger partial charge is 0.491 e. The molecule has 0 spiro atoms. The number of hydrogen-bond donors (Lipinski definition) is 1. The lowest BCUT2D eigenvalue weighted by molar-refractivity contribution is 0.0996. The summed E-state index contributed by atoms with van der Waals surface area (Å²) in [6.07, 6.45) is 5.89. The van der Waals surface area contributed by atoms with Gasteiger partial charge < -0.3 is 20.1 Å². The molecule has 4 heterocycles. The van der Waals surface area contributed by atoms with Gasteiger partial charge in [0.1, 0.15) is 0 Å². The Bertz CT molecular complexity index is 1130. The molecule has 0 atom stereocenters. The lowest BCUT2D eigenvalue weighted by atomic mass is 10.0. The molecule has 0 saturated carbocycles. The van der Waals surface area contributed by atoms with Crippen molar-refractivity contribution in [2.45, 2.75) is 26.8 Å². The fourth-order valence-corrected chi connectivity index (χ4v) is 3.75. The number of ether oxygens (including phenoxy) is 2. The molecule has 1 amide bonds. The van der Waals surface area contributed by atoms with Crippen LogP contribution in [0.15, 0.2) is 36.8 Å². The van der Waals surface area contributed by atoms with Gasteiger partial charge in [-0.1, -0.05) is 0 Å². The number of aryl methyl sites for hydroxylation is 1. The molecule has 8 heteroatoms. The molecule has 3 aromatic rings. The van der Waals surface area contributed by atoms with Gasteiger partial charge in [-0.15, -0.1) is 0 Å². The van der Waals surface area contributed by atoms with Crippen LogP contribution >= 0.6 is 0 Å². The lowest BCUT2D eigenvalue weighted by Gasteiger charge is -2.15. The van der Waals surface area contributed by atoms with Crippen molar-refractivity contribution in [2.75, 3.05) is 25.2 Å². The topological polar surface area (TPSA) is 103 Å². The molecule has 0 bridgehead atoms. The molecule has 160 valence electrons. The first-order valence-electron chi connectivity index (χ1n) is 10.2. The van der Waals surface area contributed by atoms with E-state index in [9.17, 15) is 4.79 Å². The smallest absolute Gasteiger partial charge is 0.260 e. The molecule has 0 aromatic carbocycles. The van der Waals surface area contributed by atoms with Crippen molar-refractivity contribution in [3.63, 3.8) is 0 Å². The van der Waals surface area contributed by atoms with Gasteiger partial charge in [-0.2, -0.15) is 0 Å². The molecule has 2 N–H and O–H groups in total. The van der Waals surface area contributed by atoms with Gasteiger partial charge in [-0.3, -0.25) is 14.8 Å².